The largest absolute Gasteiger partial charge is 0.494 e. The van der Waals surface area contributed by atoms with Gasteiger partial charge in [-0.05, 0) is 42.3 Å². The van der Waals surface area contributed by atoms with Gasteiger partial charge in [0.1, 0.15) is 11.2 Å². The highest BCUT2D eigenvalue weighted by atomic mass is 32.2. The second-order valence-corrected chi connectivity index (χ2v) is 9.36. The van der Waals surface area contributed by atoms with Gasteiger partial charge in [-0.2, -0.15) is 5.26 Å². The third kappa shape index (κ3) is 16.6. The van der Waals surface area contributed by atoms with Crippen molar-refractivity contribution in [3.8, 4) is 11.2 Å². The minimum absolute atomic E-state index is 0.822. The highest BCUT2D eigenvalue weighted by molar-refractivity contribution is 8.03. The van der Waals surface area contributed by atoms with Crippen LogP contribution in [0.3, 0.4) is 0 Å². The maximum absolute atomic E-state index is 8.56. The van der Waals surface area contributed by atoms with Crippen molar-refractivity contribution in [2.75, 3.05) is 12.4 Å². The van der Waals surface area contributed by atoms with E-state index in [0.717, 1.165) is 31.0 Å². The Balaban J connectivity index is 1.81. The molecule has 0 radical (unpaired) electrons. The Morgan fingerprint density at radius 2 is 1.17 bits per heavy atom. The number of hydrogen-bond acceptors (Lipinski definition) is 3. The molecule has 0 saturated carbocycles. The van der Waals surface area contributed by atoms with Gasteiger partial charge in [-0.25, -0.2) is 0 Å². The molecular formula is C27H45NOS. The molecule has 0 unspecified atom stereocenters. The summed E-state index contributed by atoms with van der Waals surface area (Å²) in [5.41, 5.74) is 1.27. The van der Waals surface area contributed by atoms with Gasteiger partial charge < -0.3 is 4.74 Å². The summed E-state index contributed by atoms with van der Waals surface area (Å²) in [6.45, 7) is 3.11. The fourth-order valence-corrected chi connectivity index (χ4v) is 4.24. The lowest BCUT2D eigenvalue weighted by Gasteiger charge is -2.07. The highest BCUT2D eigenvalue weighted by Gasteiger charge is 1.98. The molecule has 1 aromatic rings. The summed E-state index contributed by atoms with van der Waals surface area (Å²) in [7, 11) is 0. The van der Waals surface area contributed by atoms with E-state index >= 15 is 0 Å². The maximum Gasteiger partial charge on any atom is 0.133 e. The lowest BCUT2D eigenvalue weighted by molar-refractivity contribution is 0.304. The predicted molar refractivity (Wildman–Crippen MR) is 133 cm³/mol. The molecule has 30 heavy (non-hydrogen) atoms. The van der Waals surface area contributed by atoms with Crippen LogP contribution in [-0.4, -0.2) is 12.4 Å². The molecule has 0 aliphatic carbocycles. The third-order valence-electron chi connectivity index (χ3n) is 5.75. The molecule has 0 amide bonds. The molecule has 3 heteroatoms. The average Bonchev–Trinajstić information content (AvgIpc) is 2.77. The van der Waals surface area contributed by atoms with Crippen LogP contribution in [0.2, 0.25) is 0 Å². The Morgan fingerprint density at radius 3 is 1.63 bits per heavy atom. The molecule has 1 aromatic carbocycles. The number of thioether (sulfide) groups is 1. The van der Waals surface area contributed by atoms with Gasteiger partial charge in [-0.15, -0.1) is 0 Å². The number of aryl methyl sites for hydroxylation is 1. The van der Waals surface area contributed by atoms with Gasteiger partial charge in [0, 0.05) is 5.75 Å². The summed E-state index contributed by atoms with van der Waals surface area (Å²) in [5.74, 6) is 1.82. The van der Waals surface area contributed by atoms with Gasteiger partial charge in [0.2, 0.25) is 0 Å². The predicted octanol–water partition coefficient (Wildman–Crippen LogP) is 9.08. The Labute approximate surface area is 191 Å². The zero-order valence-corrected chi connectivity index (χ0v) is 20.3. The van der Waals surface area contributed by atoms with Crippen molar-refractivity contribution in [2.45, 2.75) is 116 Å². The van der Waals surface area contributed by atoms with Gasteiger partial charge in [0.15, 0.2) is 0 Å². The third-order valence-corrected chi connectivity index (χ3v) is 6.28. The van der Waals surface area contributed by atoms with Crippen LogP contribution in [0, 0.1) is 10.7 Å². The van der Waals surface area contributed by atoms with Crippen LogP contribution in [0.5, 0.6) is 5.75 Å². The standard InChI is InChI=1S/C27H45NOS/c1-2-3-4-5-6-7-8-9-10-11-12-13-14-15-16-17-23-29-27-20-18-26(19-21-27)22-24-30-25-28/h18-21H,2-17,22-24H2,1H3. The van der Waals surface area contributed by atoms with Gasteiger partial charge >= 0.3 is 0 Å². The summed E-state index contributed by atoms with van der Waals surface area (Å²) in [5, 5.41) is 10.7. The summed E-state index contributed by atoms with van der Waals surface area (Å²) in [4.78, 5) is 0. The first-order valence-electron chi connectivity index (χ1n) is 12.6. The molecule has 0 spiro atoms. The molecule has 0 N–H and O–H groups in total. The molecule has 0 aliphatic rings. The van der Waals surface area contributed by atoms with E-state index in [1.807, 2.05) is 0 Å². The molecule has 0 fully saturated rings. The van der Waals surface area contributed by atoms with Crippen molar-refractivity contribution in [3.63, 3.8) is 0 Å². The SMILES string of the molecule is CCCCCCCCCCCCCCCCCCOc1ccc(CCSC#N)cc1. The Kier molecular flexibility index (Phi) is 18.9. The number of unbranched alkanes of at least 4 members (excludes halogenated alkanes) is 15. The molecule has 0 atom stereocenters. The van der Waals surface area contributed by atoms with Crippen molar-refractivity contribution >= 4 is 11.8 Å². The molecule has 170 valence electrons. The molecule has 0 aliphatic heterocycles. The van der Waals surface area contributed by atoms with Crippen LogP contribution < -0.4 is 4.74 Å². The van der Waals surface area contributed by atoms with E-state index in [9.17, 15) is 0 Å². The maximum atomic E-state index is 8.56. The number of benzene rings is 1. The number of thiocyanates is 1. The second kappa shape index (κ2) is 21.1. The number of nitrogens with zero attached hydrogens (tertiary/aromatic N) is 1. The van der Waals surface area contributed by atoms with Crippen molar-refractivity contribution in [2.24, 2.45) is 0 Å². The first-order chi connectivity index (χ1) is 14.9. The van der Waals surface area contributed by atoms with E-state index in [2.05, 4.69) is 36.6 Å². The fraction of sp³-hybridized carbons (Fsp3) is 0.741. The Bertz CT molecular complexity index is 523. The molecule has 0 heterocycles. The first-order valence-corrected chi connectivity index (χ1v) is 13.6. The Morgan fingerprint density at radius 1 is 0.700 bits per heavy atom. The molecule has 2 nitrogen and oxygen atoms in total. The minimum Gasteiger partial charge on any atom is -0.494 e. The van der Waals surface area contributed by atoms with E-state index in [1.54, 1.807) is 0 Å². The molecular weight excluding hydrogens is 386 g/mol. The number of hydrogen-bond donors (Lipinski definition) is 0. The van der Waals surface area contributed by atoms with E-state index in [0.29, 0.717) is 0 Å². The summed E-state index contributed by atoms with van der Waals surface area (Å²) >= 11 is 1.32. The first kappa shape index (κ1) is 26.9. The molecule has 0 bridgehead atoms. The normalized spacial score (nSPS) is 10.8. The van der Waals surface area contributed by atoms with Crippen LogP contribution in [0.4, 0.5) is 0 Å². The second-order valence-electron chi connectivity index (χ2n) is 8.49. The molecule has 0 saturated heterocycles. The lowest BCUT2D eigenvalue weighted by Crippen LogP contribution is -1.97. The van der Waals surface area contributed by atoms with Gasteiger partial charge in [-0.1, -0.05) is 115 Å². The van der Waals surface area contributed by atoms with Gasteiger partial charge in [0.05, 0.1) is 6.61 Å². The van der Waals surface area contributed by atoms with Gasteiger partial charge in [0.25, 0.3) is 0 Å². The van der Waals surface area contributed by atoms with Crippen molar-refractivity contribution in [1.29, 1.82) is 5.26 Å². The van der Waals surface area contributed by atoms with Crippen LogP contribution in [0.25, 0.3) is 0 Å². The number of ether oxygens (including phenoxy) is 1. The fourth-order valence-electron chi connectivity index (χ4n) is 3.81. The van der Waals surface area contributed by atoms with Crippen LogP contribution >= 0.6 is 11.8 Å². The topological polar surface area (TPSA) is 33.0 Å². The van der Waals surface area contributed by atoms with Gasteiger partial charge in [-0.3, -0.25) is 0 Å². The minimum atomic E-state index is 0.822. The monoisotopic (exact) mass is 431 g/mol. The van der Waals surface area contributed by atoms with E-state index in [1.165, 1.54) is 114 Å². The van der Waals surface area contributed by atoms with E-state index in [-0.39, 0.29) is 0 Å². The molecule has 1 rings (SSSR count). The number of rotatable bonds is 21. The van der Waals surface area contributed by atoms with Crippen LogP contribution in [0.1, 0.15) is 115 Å². The van der Waals surface area contributed by atoms with Crippen molar-refractivity contribution in [3.05, 3.63) is 29.8 Å². The van der Waals surface area contributed by atoms with E-state index < -0.39 is 0 Å². The molecule has 0 aromatic heterocycles. The average molecular weight is 432 g/mol. The summed E-state index contributed by atoms with van der Waals surface area (Å²) < 4.78 is 5.85. The zero-order valence-electron chi connectivity index (χ0n) is 19.5. The smallest absolute Gasteiger partial charge is 0.133 e. The van der Waals surface area contributed by atoms with Crippen LogP contribution in [-0.2, 0) is 6.42 Å². The quantitative estimate of drug-likeness (QED) is 0.144. The van der Waals surface area contributed by atoms with E-state index in [4.69, 9.17) is 10.00 Å². The number of nitriles is 1. The van der Waals surface area contributed by atoms with Crippen LogP contribution in [0.15, 0.2) is 24.3 Å². The van der Waals surface area contributed by atoms with Crippen molar-refractivity contribution in [1.82, 2.24) is 0 Å². The van der Waals surface area contributed by atoms with Crippen molar-refractivity contribution < 1.29 is 4.74 Å². The zero-order chi connectivity index (χ0) is 21.5. The summed E-state index contributed by atoms with van der Waals surface area (Å²) in [6, 6.07) is 8.33. The Hall–Kier alpha value is -1.14. The summed E-state index contributed by atoms with van der Waals surface area (Å²) in [6.07, 6.45) is 23.3. The highest BCUT2D eigenvalue weighted by Crippen LogP contribution is 2.16. The lowest BCUT2D eigenvalue weighted by atomic mass is 10.0.